The molecule has 1 saturated carbocycles. The van der Waals surface area contributed by atoms with Gasteiger partial charge in [0.15, 0.2) is 0 Å². The van der Waals surface area contributed by atoms with Crippen LogP contribution in [0.4, 0.5) is 4.39 Å². The van der Waals surface area contributed by atoms with E-state index in [9.17, 15) is 14.0 Å². The Hall–Kier alpha value is -1.86. The number of nitrogens with zero attached hydrogens (tertiary/aromatic N) is 2. The highest BCUT2D eigenvalue weighted by atomic mass is 79.9. The van der Waals surface area contributed by atoms with Gasteiger partial charge in [-0.25, -0.2) is 4.39 Å². The number of carbonyl (C=O) groups is 2. The molecular weight excluding hydrogens is 401 g/mol. The first-order valence-corrected chi connectivity index (χ1v) is 9.58. The zero-order valence-corrected chi connectivity index (χ0v) is 15.8. The van der Waals surface area contributed by atoms with Crippen molar-refractivity contribution in [1.29, 1.82) is 0 Å². The molecule has 2 unspecified atom stereocenters. The Labute approximate surface area is 159 Å². The summed E-state index contributed by atoms with van der Waals surface area (Å²) in [6, 6.07) is 4.71. The fourth-order valence-corrected chi connectivity index (χ4v) is 4.62. The molecular formula is C19H19BrFN3O2. The molecule has 4 rings (SSSR count). The Kier molecular flexibility index (Phi) is 4.52. The number of hydrogen-bond acceptors (Lipinski definition) is 4. The third-order valence-corrected chi connectivity index (χ3v) is 5.96. The fourth-order valence-electron chi connectivity index (χ4n) is 4.23. The van der Waals surface area contributed by atoms with Gasteiger partial charge in [-0.05, 0) is 46.5 Å². The quantitative estimate of drug-likeness (QED) is 0.817. The van der Waals surface area contributed by atoms with E-state index in [1.165, 1.54) is 6.07 Å². The topological polar surface area (TPSA) is 75.8 Å². The zero-order valence-electron chi connectivity index (χ0n) is 14.2. The molecule has 0 bridgehead atoms. The smallest absolute Gasteiger partial charge is 0.252 e. The molecule has 136 valence electrons. The lowest BCUT2D eigenvalue weighted by Gasteiger charge is -2.34. The highest BCUT2D eigenvalue weighted by molar-refractivity contribution is 9.10. The van der Waals surface area contributed by atoms with E-state index in [1.54, 1.807) is 17.0 Å². The van der Waals surface area contributed by atoms with Crippen LogP contribution in [0.5, 0.6) is 0 Å². The van der Waals surface area contributed by atoms with Gasteiger partial charge >= 0.3 is 0 Å². The molecule has 1 aromatic carbocycles. The van der Waals surface area contributed by atoms with Crippen molar-refractivity contribution in [2.75, 3.05) is 19.6 Å². The van der Waals surface area contributed by atoms with Gasteiger partial charge in [-0.3, -0.25) is 14.6 Å². The van der Waals surface area contributed by atoms with Gasteiger partial charge < -0.3 is 10.6 Å². The van der Waals surface area contributed by atoms with Crippen LogP contribution in [0.2, 0.25) is 0 Å². The lowest BCUT2D eigenvalue weighted by Crippen LogP contribution is -2.39. The van der Waals surface area contributed by atoms with E-state index in [0.29, 0.717) is 36.1 Å². The van der Waals surface area contributed by atoms with E-state index in [0.717, 1.165) is 29.8 Å². The van der Waals surface area contributed by atoms with Gasteiger partial charge in [-0.2, -0.15) is 0 Å². The number of rotatable bonds is 3. The predicted octanol–water partition coefficient (Wildman–Crippen LogP) is 2.55. The second-order valence-electron chi connectivity index (χ2n) is 6.93. The normalized spacial score (nSPS) is 25.3. The lowest BCUT2D eigenvalue weighted by atomic mass is 9.69. The number of Topliss-reactive ketones (excluding diaryl/α,β-unsaturated/α-hetero) is 1. The van der Waals surface area contributed by atoms with Crippen LogP contribution >= 0.6 is 15.9 Å². The molecule has 1 aromatic rings. The van der Waals surface area contributed by atoms with Gasteiger partial charge in [-0.1, -0.05) is 6.07 Å². The van der Waals surface area contributed by atoms with Crippen molar-refractivity contribution in [2.24, 2.45) is 16.6 Å². The van der Waals surface area contributed by atoms with Gasteiger partial charge in [-0.15, -0.1) is 0 Å². The minimum atomic E-state index is -0.429. The number of fused-ring (bicyclic) bond motifs is 1. The van der Waals surface area contributed by atoms with Crippen LogP contribution in [0.15, 0.2) is 38.9 Å². The molecule has 1 aliphatic carbocycles. The zero-order chi connectivity index (χ0) is 18.4. The van der Waals surface area contributed by atoms with Crippen molar-refractivity contribution in [3.8, 4) is 0 Å². The SMILES string of the molecule is NCCN1CC2=C(C1=O)C(c1ccc(F)c(Br)c1)C1C(=O)CCCC1=N2. The number of benzene rings is 1. The second kappa shape index (κ2) is 6.70. The number of ketones is 1. The third kappa shape index (κ3) is 2.74. The van der Waals surface area contributed by atoms with Gasteiger partial charge in [0.1, 0.15) is 11.6 Å². The molecule has 1 fully saturated rings. The van der Waals surface area contributed by atoms with Crippen molar-refractivity contribution in [2.45, 2.75) is 25.2 Å². The highest BCUT2D eigenvalue weighted by Crippen LogP contribution is 2.46. The van der Waals surface area contributed by atoms with E-state index >= 15 is 0 Å². The number of nitrogens with two attached hydrogens (primary N) is 1. The summed E-state index contributed by atoms with van der Waals surface area (Å²) >= 11 is 3.22. The molecule has 2 aliphatic heterocycles. The van der Waals surface area contributed by atoms with E-state index in [4.69, 9.17) is 10.7 Å². The minimum Gasteiger partial charge on any atom is -0.332 e. The standard InChI is InChI=1S/C19H19BrFN3O2/c20-11-8-10(4-5-12(11)21)16-17-13(2-1-3-15(17)25)23-14-9-24(7-6-22)19(26)18(14)16/h4-5,8,16-17H,1-3,6-7,9,22H2. The van der Waals surface area contributed by atoms with Crippen molar-refractivity contribution in [1.82, 2.24) is 4.90 Å². The number of aliphatic imine (C=N–C) groups is 1. The second-order valence-corrected chi connectivity index (χ2v) is 7.78. The Morgan fingerprint density at radius 1 is 1.27 bits per heavy atom. The molecule has 2 atom stereocenters. The summed E-state index contributed by atoms with van der Waals surface area (Å²) in [7, 11) is 0. The maximum atomic E-state index is 13.7. The van der Waals surface area contributed by atoms with Crippen LogP contribution in [0.25, 0.3) is 0 Å². The molecule has 7 heteroatoms. The van der Waals surface area contributed by atoms with Crippen LogP contribution in [-0.2, 0) is 9.59 Å². The molecule has 5 nitrogen and oxygen atoms in total. The molecule has 3 aliphatic rings. The molecule has 0 spiro atoms. The molecule has 0 saturated heterocycles. The Bertz CT molecular complexity index is 864. The van der Waals surface area contributed by atoms with Gasteiger partial charge in [0.25, 0.3) is 5.91 Å². The van der Waals surface area contributed by atoms with Crippen LogP contribution in [0, 0.1) is 11.7 Å². The summed E-state index contributed by atoms with van der Waals surface area (Å²) in [5, 5.41) is 0. The largest absolute Gasteiger partial charge is 0.332 e. The van der Waals surface area contributed by atoms with Crippen molar-refractivity contribution in [3.05, 3.63) is 45.3 Å². The Morgan fingerprint density at radius 2 is 2.08 bits per heavy atom. The number of carbonyl (C=O) groups excluding carboxylic acids is 2. The number of halogens is 2. The predicted molar refractivity (Wildman–Crippen MR) is 99.3 cm³/mol. The third-order valence-electron chi connectivity index (χ3n) is 5.36. The molecule has 26 heavy (non-hydrogen) atoms. The molecule has 0 radical (unpaired) electrons. The lowest BCUT2D eigenvalue weighted by molar-refractivity contribution is -0.126. The summed E-state index contributed by atoms with van der Waals surface area (Å²) in [5.74, 6) is -1.21. The summed E-state index contributed by atoms with van der Waals surface area (Å²) in [4.78, 5) is 32.1. The van der Waals surface area contributed by atoms with Crippen LogP contribution in [0.1, 0.15) is 30.7 Å². The minimum absolute atomic E-state index is 0.108. The summed E-state index contributed by atoms with van der Waals surface area (Å²) in [6.45, 7) is 1.25. The number of hydrogen-bond donors (Lipinski definition) is 1. The summed E-state index contributed by atoms with van der Waals surface area (Å²) in [6.07, 6.45) is 2.04. The van der Waals surface area contributed by atoms with Crippen molar-refractivity contribution in [3.63, 3.8) is 0 Å². The maximum absolute atomic E-state index is 13.7. The van der Waals surface area contributed by atoms with Crippen molar-refractivity contribution < 1.29 is 14.0 Å². The first kappa shape index (κ1) is 17.5. The molecule has 2 N–H and O–H groups in total. The first-order chi connectivity index (χ1) is 12.5. The molecule has 0 aromatic heterocycles. The monoisotopic (exact) mass is 419 g/mol. The Balaban J connectivity index is 1.84. The number of amides is 1. The fraction of sp³-hybridized carbons (Fsp3) is 0.421. The van der Waals surface area contributed by atoms with Crippen LogP contribution < -0.4 is 5.73 Å². The average Bonchev–Trinajstić information content (AvgIpc) is 2.92. The van der Waals surface area contributed by atoms with E-state index in [-0.39, 0.29) is 17.5 Å². The van der Waals surface area contributed by atoms with Crippen LogP contribution in [-0.4, -0.2) is 41.9 Å². The van der Waals surface area contributed by atoms with Crippen LogP contribution in [0.3, 0.4) is 0 Å². The van der Waals surface area contributed by atoms with E-state index < -0.39 is 11.8 Å². The summed E-state index contributed by atoms with van der Waals surface area (Å²) in [5.41, 5.74) is 8.55. The van der Waals surface area contributed by atoms with Gasteiger partial charge in [0.2, 0.25) is 0 Å². The van der Waals surface area contributed by atoms with E-state index in [2.05, 4.69) is 15.9 Å². The van der Waals surface area contributed by atoms with Crippen molar-refractivity contribution >= 4 is 33.3 Å². The highest BCUT2D eigenvalue weighted by Gasteiger charge is 2.47. The maximum Gasteiger partial charge on any atom is 0.252 e. The average molecular weight is 420 g/mol. The first-order valence-electron chi connectivity index (χ1n) is 8.78. The van der Waals surface area contributed by atoms with Gasteiger partial charge in [0, 0.05) is 36.7 Å². The molecule has 2 heterocycles. The van der Waals surface area contributed by atoms with Gasteiger partial charge in [0.05, 0.1) is 22.6 Å². The van der Waals surface area contributed by atoms with E-state index in [1.807, 2.05) is 0 Å². The molecule has 1 amide bonds. The Morgan fingerprint density at radius 3 is 2.81 bits per heavy atom. The summed E-state index contributed by atoms with van der Waals surface area (Å²) < 4.78 is 14.1.